The molecule has 1 aliphatic rings. The summed E-state index contributed by atoms with van der Waals surface area (Å²) in [5.74, 6) is -1.64. The van der Waals surface area contributed by atoms with Gasteiger partial charge in [-0.3, -0.25) is 4.79 Å². The first-order valence-electron chi connectivity index (χ1n) is 5.19. The zero-order valence-electron chi connectivity index (χ0n) is 9.03. The molecule has 1 amide bonds. The van der Waals surface area contributed by atoms with Crippen LogP contribution in [-0.2, 0) is 9.53 Å². The van der Waals surface area contributed by atoms with E-state index in [2.05, 4.69) is 0 Å². The number of hydrogen-bond donors (Lipinski definition) is 1. The number of anilines is 1. The minimum Gasteiger partial charge on any atom is -0.365 e. The fraction of sp³-hybridized carbons (Fsp3) is 0.364. The van der Waals surface area contributed by atoms with Crippen molar-refractivity contribution in [3.05, 3.63) is 29.8 Å². The summed E-state index contributed by atoms with van der Waals surface area (Å²) in [6, 6.07) is 2.99. The number of rotatable bonds is 2. The van der Waals surface area contributed by atoms with Gasteiger partial charge in [-0.05, 0) is 12.1 Å². The second kappa shape index (κ2) is 4.77. The smallest absolute Gasteiger partial charge is 0.253 e. The average molecular weight is 242 g/mol. The van der Waals surface area contributed by atoms with Gasteiger partial charge >= 0.3 is 0 Å². The van der Waals surface area contributed by atoms with E-state index in [1.807, 2.05) is 0 Å². The third-order valence-corrected chi connectivity index (χ3v) is 2.59. The molecule has 1 saturated heterocycles. The highest BCUT2D eigenvalue weighted by Crippen LogP contribution is 2.23. The molecular formula is C11H12F2N2O2. The lowest BCUT2D eigenvalue weighted by Gasteiger charge is -2.32. The number of benzene rings is 1. The molecule has 92 valence electrons. The summed E-state index contributed by atoms with van der Waals surface area (Å²) in [5.41, 5.74) is 5.35. The van der Waals surface area contributed by atoms with Crippen LogP contribution in [0.1, 0.15) is 0 Å². The molecule has 1 aliphatic heterocycles. The second-order valence-corrected chi connectivity index (χ2v) is 3.77. The Morgan fingerprint density at radius 2 is 2.24 bits per heavy atom. The summed E-state index contributed by atoms with van der Waals surface area (Å²) in [5, 5.41) is 0. The van der Waals surface area contributed by atoms with Gasteiger partial charge in [-0.15, -0.1) is 0 Å². The predicted octanol–water partition coefficient (Wildman–Crippen LogP) is 0.655. The lowest BCUT2D eigenvalue weighted by atomic mass is 10.2. The van der Waals surface area contributed by atoms with Crippen molar-refractivity contribution in [3.63, 3.8) is 0 Å². The fourth-order valence-electron chi connectivity index (χ4n) is 1.69. The Kier molecular flexibility index (Phi) is 3.35. The van der Waals surface area contributed by atoms with Gasteiger partial charge in [0.2, 0.25) is 0 Å². The lowest BCUT2D eigenvalue weighted by Crippen LogP contribution is -2.49. The Bertz CT molecular complexity index is 439. The summed E-state index contributed by atoms with van der Waals surface area (Å²) in [6.45, 7) is 0.189. The number of amides is 1. The van der Waals surface area contributed by atoms with Gasteiger partial charge in [-0.25, -0.2) is 8.78 Å². The van der Waals surface area contributed by atoms with Crippen LogP contribution in [0.3, 0.4) is 0 Å². The first-order chi connectivity index (χ1) is 8.11. The third kappa shape index (κ3) is 2.42. The molecule has 1 fully saturated rings. The van der Waals surface area contributed by atoms with Crippen LogP contribution < -0.4 is 10.6 Å². The van der Waals surface area contributed by atoms with Gasteiger partial charge in [0.25, 0.3) is 5.91 Å². The standard InChI is InChI=1S/C11H12F2N2O2/c12-7-1-2-9(13)10(3-7)15-5-8(4-14)17-6-11(15)16/h1-3,8H,4-6,14H2. The molecule has 2 rings (SSSR count). The molecule has 4 nitrogen and oxygen atoms in total. The normalized spacial score (nSPS) is 20.8. The SMILES string of the molecule is NCC1CN(c2cc(F)ccc2F)C(=O)CO1. The van der Waals surface area contributed by atoms with Crippen molar-refractivity contribution in [3.8, 4) is 0 Å². The second-order valence-electron chi connectivity index (χ2n) is 3.77. The van der Waals surface area contributed by atoms with E-state index in [1.165, 1.54) is 4.90 Å². The molecule has 0 spiro atoms. The van der Waals surface area contributed by atoms with Crippen LogP contribution in [0.5, 0.6) is 0 Å². The molecule has 0 bridgehead atoms. The number of nitrogens with zero attached hydrogens (tertiary/aromatic N) is 1. The molecule has 1 heterocycles. The average Bonchev–Trinajstić information content (AvgIpc) is 2.33. The summed E-state index contributed by atoms with van der Waals surface area (Å²) >= 11 is 0. The molecule has 0 radical (unpaired) electrons. The van der Waals surface area contributed by atoms with Crippen LogP contribution in [0.15, 0.2) is 18.2 Å². The Labute approximate surface area is 97.0 Å². The summed E-state index contributed by atoms with van der Waals surface area (Å²) in [7, 11) is 0. The molecule has 0 saturated carbocycles. The van der Waals surface area contributed by atoms with Crippen LogP contribution in [0.4, 0.5) is 14.5 Å². The van der Waals surface area contributed by atoms with Gasteiger partial charge in [0.15, 0.2) is 0 Å². The Balaban J connectivity index is 2.30. The van der Waals surface area contributed by atoms with Crippen molar-refractivity contribution in [2.45, 2.75) is 6.10 Å². The first kappa shape index (κ1) is 11.9. The maximum atomic E-state index is 13.5. The van der Waals surface area contributed by atoms with Gasteiger partial charge in [0.1, 0.15) is 18.2 Å². The zero-order valence-corrected chi connectivity index (χ0v) is 9.03. The number of ether oxygens (including phenoxy) is 1. The highest BCUT2D eigenvalue weighted by molar-refractivity contribution is 5.95. The lowest BCUT2D eigenvalue weighted by molar-refractivity contribution is -0.129. The van der Waals surface area contributed by atoms with E-state index in [9.17, 15) is 13.6 Å². The first-order valence-corrected chi connectivity index (χ1v) is 5.19. The van der Waals surface area contributed by atoms with E-state index in [-0.39, 0.29) is 31.5 Å². The van der Waals surface area contributed by atoms with E-state index in [4.69, 9.17) is 10.5 Å². The monoisotopic (exact) mass is 242 g/mol. The Morgan fingerprint density at radius 3 is 2.94 bits per heavy atom. The Morgan fingerprint density at radius 1 is 1.47 bits per heavy atom. The molecule has 2 N–H and O–H groups in total. The molecule has 1 aromatic rings. The van der Waals surface area contributed by atoms with Crippen molar-refractivity contribution in [1.82, 2.24) is 0 Å². The number of hydrogen-bond acceptors (Lipinski definition) is 3. The molecule has 6 heteroatoms. The largest absolute Gasteiger partial charge is 0.365 e. The highest BCUT2D eigenvalue weighted by atomic mass is 19.1. The molecule has 17 heavy (non-hydrogen) atoms. The summed E-state index contributed by atoms with van der Waals surface area (Å²) < 4.78 is 31.7. The van der Waals surface area contributed by atoms with Crippen LogP contribution in [0.2, 0.25) is 0 Å². The van der Waals surface area contributed by atoms with E-state index < -0.39 is 17.5 Å². The molecule has 1 aromatic carbocycles. The number of halogens is 2. The fourth-order valence-corrected chi connectivity index (χ4v) is 1.69. The van der Waals surface area contributed by atoms with Gasteiger partial charge in [-0.2, -0.15) is 0 Å². The van der Waals surface area contributed by atoms with Crippen LogP contribution >= 0.6 is 0 Å². The van der Waals surface area contributed by atoms with Crippen molar-refractivity contribution in [2.75, 3.05) is 24.6 Å². The number of nitrogens with two attached hydrogens (primary N) is 1. The molecule has 1 unspecified atom stereocenters. The summed E-state index contributed by atoms with van der Waals surface area (Å²) in [6.07, 6.45) is -0.352. The van der Waals surface area contributed by atoms with E-state index in [0.29, 0.717) is 0 Å². The van der Waals surface area contributed by atoms with Crippen molar-refractivity contribution in [2.24, 2.45) is 5.73 Å². The van der Waals surface area contributed by atoms with E-state index >= 15 is 0 Å². The van der Waals surface area contributed by atoms with Crippen molar-refractivity contribution >= 4 is 11.6 Å². The van der Waals surface area contributed by atoms with Gasteiger partial charge in [-0.1, -0.05) is 0 Å². The van der Waals surface area contributed by atoms with Crippen molar-refractivity contribution < 1.29 is 18.3 Å². The van der Waals surface area contributed by atoms with E-state index in [0.717, 1.165) is 18.2 Å². The zero-order chi connectivity index (χ0) is 12.4. The maximum absolute atomic E-state index is 13.5. The molecule has 0 aliphatic carbocycles. The number of carbonyl (C=O) groups excluding carboxylic acids is 1. The highest BCUT2D eigenvalue weighted by Gasteiger charge is 2.28. The minimum absolute atomic E-state index is 0.0725. The minimum atomic E-state index is -0.641. The van der Waals surface area contributed by atoms with Gasteiger partial charge in [0, 0.05) is 12.6 Å². The molecular weight excluding hydrogens is 230 g/mol. The topological polar surface area (TPSA) is 55.6 Å². The molecule has 0 aromatic heterocycles. The van der Waals surface area contributed by atoms with Crippen LogP contribution in [0, 0.1) is 11.6 Å². The van der Waals surface area contributed by atoms with E-state index in [1.54, 1.807) is 0 Å². The number of morpholine rings is 1. The quantitative estimate of drug-likeness (QED) is 0.828. The number of carbonyl (C=O) groups is 1. The van der Waals surface area contributed by atoms with Gasteiger partial charge < -0.3 is 15.4 Å². The maximum Gasteiger partial charge on any atom is 0.253 e. The third-order valence-electron chi connectivity index (χ3n) is 2.59. The van der Waals surface area contributed by atoms with Crippen LogP contribution in [-0.4, -0.2) is 31.7 Å². The molecule has 1 atom stereocenters. The van der Waals surface area contributed by atoms with Crippen molar-refractivity contribution in [1.29, 1.82) is 0 Å². The predicted molar refractivity (Wildman–Crippen MR) is 57.5 cm³/mol. The van der Waals surface area contributed by atoms with Gasteiger partial charge in [0.05, 0.1) is 18.3 Å². The van der Waals surface area contributed by atoms with Crippen LogP contribution in [0.25, 0.3) is 0 Å². The Hall–Kier alpha value is -1.53. The summed E-state index contributed by atoms with van der Waals surface area (Å²) in [4.78, 5) is 12.8.